The van der Waals surface area contributed by atoms with Crippen LogP contribution in [0.15, 0.2) is 83.4 Å². The largest absolute Gasteiger partial charge is 0.466 e. The number of nitrogens with zero attached hydrogens (tertiary/aromatic N) is 1. The normalized spacial score (nSPS) is 11.5. The summed E-state index contributed by atoms with van der Waals surface area (Å²) in [5.41, 5.74) is 5.61. The summed E-state index contributed by atoms with van der Waals surface area (Å²) in [7, 11) is 0. The Labute approximate surface area is 210 Å². The molecule has 0 unspecified atom stereocenters. The fourth-order valence-corrected chi connectivity index (χ4v) is 3.81. The molecule has 1 amide bonds. The maximum atomic E-state index is 12.6. The second-order valence-corrected chi connectivity index (χ2v) is 8.31. The molecular formula is C29H28N2O5. The van der Waals surface area contributed by atoms with E-state index in [4.69, 9.17) is 14.0 Å². The average Bonchev–Trinajstić information content (AvgIpc) is 3.25. The second kappa shape index (κ2) is 11.4. The molecule has 4 rings (SSSR count). The van der Waals surface area contributed by atoms with Crippen LogP contribution in [0.4, 0.5) is 10.5 Å². The number of aryl methyl sites for hydroxylation is 1. The lowest BCUT2D eigenvalue weighted by molar-refractivity contribution is -0.142. The minimum Gasteiger partial charge on any atom is -0.466 e. The third-order valence-corrected chi connectivity index (χ3v) is 5.73. The zero-order valence-electron chi connectivity index (χ0n) is 20.5. The number of esters is 1. The fraction of sp³-hybridized carbons (Fsp3) is 0.207. The number of amides is 1. The number of aromatic nitrogens is 1. The van der Waals surface area contributed by atoms with Crippen LogP contribution >= 0.6 is 0 Å². The first-order valence-electron chi connectivity index (χ1n) is 11.8. The standard InChI is InChI=1S/C29H28N2O5/c1-4-34-26(32)18-21-10-12-23(13-11-21)24-14-16-25(17-15-24)28-27(19(2)31-36-28)30-29(33)35-20(3)22-8-6-5-7-9-22/h5-17,20H,4,18H2,1-3H3,(H,30,33)/t20-/m1/s1. The minimum absolute atomic E-state index is 0.236. The van der Waals surface area contributed by atoms with Crippen molar-refractivity contribution in [2.45, 2.75) is 33.3 Å². The molecule has 1 aromatic heterocycles. The van der Waals surface area contributed by atoms with Crippen molar-refractivity contribution in [2.75, 3.05) is 11.9 Å². The molecule has 0 fully saturated rings. The van der Waals surface area contributed by atoms with Gasteiger partial charge >= 0.3 is 12.1 Å². The molecule has 0 bridgehead atoms. The zero-order chi connectivity index (χ0) is 25.5. The second-order valence-electron chi connectivity index (χ2n) is 8.31. The third-order valence-electron chi connectivity index (χ3n) is 5.73. The molecule has 4 aromatic rings. The summed E-state index contributed by atoms with van der Waals surface area (Å²) in [5, 5.41) is 6.81. The van der Waals surface area contributed by atoms with E-state index in [0.29, 0.717) is 23.7 Å². The molecule has 0 saturated heterocycles. The fourth-order valence-electron chi connectivity index (χ4n) is 3.81. The van der Waals surface area contributed by atoms with Crippen molar-refractivity contribution in [1.82, 2.24) is 5.16 Å². The first kappa shape index (κ1) is 24.7. The van der Waals surface area contributed by atoms with Crippen LogP contribution in [0.5, 0.6) is 0 Å². The number of benzene rings is 3. The van der Waals surface area contributed by atoms with Gasteiger partial charge in [0.2, 0.25) is 0 Å². The van der Waals surface area contributed by atoms with Gasteiger partial charge in [-0.05, 0) is 43.0 Å². The number of rotatable bonds is 8. The molecule has 0 spiro atoms. The molecule has 1 N–H and O–H groups in total. The van der Waals surface area contributed by atoms with E-state index in [9.17, 15) is 9.59 Å². The molecule has 184 valence electrons. The average molecular weight is 485 g/mol. The van der Waals surface area contributed by atoms with Gasteiger partial charge in [-0.15, -0.1) is 0 Å². The van der Waals surface area contributed by atoms with E-state index < -0.39 is 12.2 Å². The Morgan fingerprint density at radius 3 is 2.17 bits per heavy atom. The molecular weight excluding hydrogens is 456 g/mol. The van der Waals surface area contributed by atoms with Crippen LogP contribution < -0.4 is 5.32 Å². The molecule has 7 nitrogen and oxygen atoms in total. The Kier molecular flexibility index (Phi) is 7.80. The van der Waals surface area contributed by atoms with Crippen molar-refractivity contribution in [2.24, 2.45) is 0 Å². The van der Waals surface area contributed by atoms with Crippen LogP contribution in [-0.4, -0.2) is 23.8 Å². The molecule has 1 heterocycles. The summed E-state index contributed by atoms with van der Waals surface area (Å²) in [4.78, 5) is 24.3. The van der Waals surface area contributed by atoms with Crippen LogP contribution in [0, 0.1) is 6.92 Å². The Bertz CT molecular complexity index is 1310. The monoisotopic (exact) mass is 484 g/mol. The molecule has 0 aliphatic heterocycles. The maximum Gasteiger partial charge on any atom is 0.412 e. The van der Waals surface area contributed by atoms with Crippen LogP contribution in [0.2, 0.25) is 0 Å². The SMILES string of the molecule is CCOC(=O)Cc1ccc(-c2ccc(-c3onc(C)c3NC(=O)O[C@H](C)c3ccccc3)cc2)cc1. The Hall–Kier alpha value is -4.39. The summed E-state index contributed by atoms with van der Waals surface area (Å²) < 4.78 is 16.1. The highest BCUT2D eigenvalue weighted by Crippen LogP contribution is 2.33. The van der Waals surface area contributed by atoms with Gasteiger partial charge in [-0.1, -0.05) is 84.0 Å². The lowest BCUT2D eigenvalue weighted by atomic mass is 10.0. The third kappa shape index (κ3) is 5.99. The number of anilines is 1. The number of carbonyl (C=O) groups is 2. The summed E-state index contributed by atoms with van der Waals surface area (Å²) >= 11 is 0. The van der Waals surface area contributed by atoms with E-state index in [1.165, 1.54) is 0 Å². The van der Waals surface area contributed by atoms with Crippen LogP contribution in [-0.2, 0) is 20.7 Å². The lowest BCUT2D eigenvalue weighted by Crippen LogP contribution is -2.16. The molecule has 0 saturated carbocycles. The zero-order valence-corrected chi connectivity index (χ0v) is 20.5. The van der Waals surface area contributed by atoms with Gasteiger partial charge in [-0.3, -0.25) is 10.1 Å². The highest BCUT2D eigenvalue weighted by atomic mass is 16.6. The van der Waals surface area contributed by atoms with Gasteiger partial charge in [0.15, 0.2) is 5.76 Å². The van der Waals surface area contributed by atoms with Crippen LogP contribution in [0.25, 0.3) is 22.5 Å². The van der Waals surface area contributed by atoms with E-state index in [1.54, 1.807) is 13.8 Å². The van der Waals surface area contributed by atoms with Gasteiger partial charge in [0.25, 0.3) is 0 Å². The van der Waals surface area contributed by atoms with Crippen molar-refractivity contribution in [3.8, 4) is 22.5 Å². The summed E-state index contributed by atoms with van der Waals surface area (Å²) in [6.45, 7) is 5.75. The van der Waals surface area contributed by atoms with Gasteiger partial charge in [-0.2, -0.15) is 0 Å². The Morgan fingerprint density at radius 1 is 0.917 bits per heavy atom. The van der Waals surface area contributed by atoms with E-state index in [-0.39, 0.29) is 12.4 Å². The number of carbonyl (C=O) groups excluding carboxylic acids is 2. The smallest absolute Gasteiger partial charge is 0.412 e. The van der Waals surface area contributed by atoms with Crippen LogP contribution in [0.1, 0.15) is 36.8 Å². The van der Waals surface area contributed by atoms with Crippen molar-refractivity contribution in [3.05, 3.63) is 95.7 Å². The number of hydrogen-bond acceptors (Lipinski definition) is 6. The van der Waals surface area contributed by atoms with Gasteiger partial charge in [0.1, 0.15) is 17.5 Å². The quantitative estimate of drug-likeness (QED) is 0.279. The first-order valence-corrected chi connectivity index (χ1v) is 11.8. The molecule has 0 radical (unpaired) electrons. The summed E-state index contributed by atoms with van der Waals surface area (Å²) in [6, 6.07) is 25.1. The van der Waals surface area contributed by atoms with Gasteiger partial charge in [0, 0.05) is 5.56 Å². The number of hydrogen-bond donors (Lipinski definition) is 1. The highest BCUT2D eigenvalue weighted by Gasteiger charge is 2.20. The van der Waals surface area contributed by atoms with Crippen molar-refractivity contribution >= 4 is 17.7 Å². The number of nitrogens with one attached hydrogen (secondary N) is 1. The molecule has 7 heteroatoms. The highest BCUT2D eigenvalue weighted by molar-refractivity contribution is 5.91. The van der Waals surface area contributed by atoms with Gasteiger partial charge in [0.05, 0.1) is 13.0 Å². The first-order chi connectivity index (χ1) is 17.4. The van der Waals surface area contributed by atoms with Crippen molar-refractivity contribution < 1.29 is 23.6 Å². The Morgan fingerprint density at radius 2 is 1.53 bits per heavy atom. The molecule has 1 atom stereocenters. The van der Waals surface area contributed by atoms with E-state index >= 15 is 0 Å². The maximum absolute atomic E-state index is 12.6. The summed E-state index contributed by atoms with van der Waals surface area (Å²) in [6.07, 6.45) is -0.739. The van der Waals surface area contributed by atoms with E-state index in [0.717, 1.165) is 27.8 Å². The predicted octanol–water partition coefficient (Wildman–Crippen LogP) is 6.73. The molecule has 3 aromatic carbocycles. The van der Waals surface area contributed by atoms with Gasteiger partial charge in [-0.25, -0.2) is 4.79 Å². The minimum atomic E-state index is -0.585. The van der Waals surface area contributed by atoms with E-state index in [1.807, 2.05) is 85.8 Å². The topological polar surface area (TPSA) is 90.7 Å². The Balaban J connectivity index is 1.45. The van der Waals surface area contributed by atoms with Crippen molar-refractivity contribution in [3.63, 3.8) is 0 Å². The lowest BCUT2D eigenvalue weighted by Gasteiger charge is -2.14. The van der Waals surface area contributed by atoms with Gasteiger partial charge < -0.3 is 14.0 Å². The van der Waals surface area contributed by atoms with E-state index in [2.05, 4.69) is 10.5 Å². The molecule has 0 aliphatic carbocycles. The predicted molar refractivity (Wildman–Crippen MR) is 137 cm³/mol. The molecule has 36 heavy (non-hydrogen) atoms. The molecule has 0 aliphatic rings. The number of ether oxygens (including phenoxy) is 2. The van der Waals surface area contributed by atoms with Crippen molar-refractivity contribution in [1.29, 1.82) is 0 Å². The summed E-state index contributed by atoms with van der Waals surface area (Å²) in [5.74, 6) is 0.216. The van der Waals surface area contributed by atoms with Crippen LogP contribution in [0.3, 0.4) is 0 Å².